The normalized spacial score (nSPS) is 17.4. The van der Waals surface area contributed by atoms with Gasteiger partial charge in [0.25, 0.3) is 0 Å². The van der Waals surface area contributed by atoms with Crippen molar-refractivity contribution in [2.24, 2.45) is 17.1 Å². The maximum atomic E-state index is 12.8. The third-order valence-electron chi connectivity index (χ3n) is 3.78. The third kappa shape index (κ3) is 3.89. The molecule has 0 unspecified atom stereocenters. The lowest BCUT2D eigenvalue weighted by Gasteiger charge is -2.43. The first-order valence-electron chi connectivity index (χ1n) is 7.03. The fraction of sp³-hybridized carbons (Fsp3) is 0.857. The molecule has 1 aliphatic carbocycles. The van der Waals surface area contributed by atoms with Crippen molar-refractivity contribution in [3.63, 3.8) is 0 Å². The summed E-state index contributed by atoms with van der Waals surface area (Å²) in [5.41, 5.74) is 5.29. The maximum absolute atomic E-state index is 12.8. The first kappa shape index (κ1) is 16.4. The van der Waals surface area contributed by atoms with Gasteiger partial charge >= 0.3 is 0 Å². The Balaban J connectivity index is 2.78. The van der Waals surface area contributed by atoms with Crippen molar-refractivity contribution >= 4 is 23.1 Å². The Morgan fingerprint density at radius 3 is 2.21 bits per heavy atom. The van der Waals surface area contributed by atoms with Gasteiger partial charge in [-0.25, -0.2) is 0 Å². The summed E-state index contributed by atoms with van der Waals surface area (Å²) in [6.45, 7) is 6.64. The van der Waals surface area contributed by atoms with Crippen LogP contribution in [0.15, 0.2) is 0 Å². The van der Waals surface area contributed by atoms with Gasteiger partial charge < -0.3 is 15.5 Å². The van der Waals surface area contributed by atoms with E-state index in [1.54, 1.807) is 0 Å². The van der Waals surface area contributed by atoms with Crippen molar-refractivity contribution in [2.75, 3.05) is 33.7 Å². The van der Waals surface area contributed by atoms with Crippen LogP contribution in [0.2, 0.25) is 0 Å². The van der Waals surface area contributed by atoms with Crippen molar-refractivity contribution in [3.05, 3.63) is 0 Å². The lowest BCUT2D eigenvalue weighted by atomic mass is 9.67. The minimum absolute atomic E-state index is 0.141. The van der Waals surface area contributed by atoms with E-state index in [2.05, 4.69) is 18.7 Å². The first-order valence-corrected chi connectivity index (χ1v) is 7.44. The van der Waals surface area contributed by atoms with Gasteiger partial charge in [0.2, 0.25) is 5.91 Å². The Kier molecular flexibility index (Phi) is 5.74. The van der Waals surface area contributed by atoms with Crippen LogP contribution in [0.25, 0.3) is 0 Å². The van der Waals surface area contributed by atoms with E-state index >= 15 is 0 Å². The molecule has 1 fully saturated rings. The second-order valence-corrected chi connectivity index (χ2v) is 6.69. The molecule has 0 radical (unpaired) electrons. The molecular formula is C14H27N3OS. The Hall–Kier alpha value is -0.680. The number of thiocarbonyl (C=S) groups is 1. The lowest BCUT2D eigenvalue weighted by molar-refractivity contribution is -0.142. The average Bonchev–Trinajstić information content (AvgIpc) is 2.20. The minimum Gasteiger partial charge on any atom is -0.392 e. The Morgan fingerprint density at radius 2 is 1.89 bits per heavy atom. The fourth-order valence-electron chi connectivity index (χ4n) is 2.44. The Morgan fingerprint density at radius 1 is 1.32 bits per heavy atom. The summed E-state index contributed by atoms with van der Waals surface area (Å²) >= 11 is 5.15. The highest BCUT2D eigenvalue weighted by atomic mass is 32.1. The van der Waals surface area contributed by atoms with Crippen LogP contribution in [-0.2, 0) is 4.79 Å². The highest BCUT2D eigenvalue weighted by Crippen LogP contribution is 2.43. The van der Waals surface area contributed by atoms with E-state index in [9.17, 15) is 4.79 Å². The molecule has 5 heteroatoms. The van der Waals surface area contributed by atoms with Gasteiger partial charge in [0, 0.05) is 19.6 Å². The predicted molar refractivity (Wildman–Crippen MR) is 83.0 cm³/mol. The SMILES string of the molecule is CC(C)CN(CCN(C)C)C(=O)C1(C(N)=S)CCC1. The summed E-state index contributed by atoms with van der Waals surface area (Å²) in [5, 5.41) is 0. The molecule has 0 spiro atoms. The summed E-state index contributed by atoms with van der Waals surface area (Å²) in [5.74, 6) is 0.594. The second-order valence-electron chi connectivity index (χ2n) is 6.25. The summed E-state index contributed by atoms with van der Waals surface area (Å²) in [6, 6.07) is 0. The molecule has 0 heterocycles. The predicted octanol–water partition coefficient (Wildman–Crippen LogP) is 1.49. The molecule has 0 bridgehead atoms. The van der Waals surface area contributed by atoms with Gasteiger partial charge in [0.15, 0.2) is 0 Å². The molecule has 2 N–H and O–H groups in total. The van der Waals surface area contributed by atoms with Crippen LogP contribution in [0.4, 0.5) is 0 Å². The molecule has 0 aromatic heterocycles. The van der Waals surface area contributed by atoms with Crippen LogP contribution in [0, 0.1) is 11.3 Å². The number of hydrogen-bond donors (Lipinski definition) is 1. The monoisotopic (exact) mass is 285 g/mol. The Labute approximate surface area is 122 Å². The molecular weight excluding hydrogens is 258 g/mol. The van der Waals surface area contributed by atoms with E-state index in [0.717, 1.165) is 38.9 Å². The number of hydrogen-bond acceptors (Lipinski definition) is 3. The van der Waals surface area contributed by atoms with E-state index in [-0.39, 0.29) is 5.91 Å². The number of amides is 1. The maximum Gasteiger partial charge on any atom is 0.235 e. The summed E-state index contributed by atoms with van der Waals surface area (Å²) in [7, 11) is 4.04. The molecule has 1 amide bonds. The van der Waals surface area contributed by atoms with E-state index < -0.39 is 5.41 Å². The van der Waals surface area contributed by atoms with Crippen LogP contribution in [0.3, 0.4) is 0 Å². The smallest absolute Gasteiger partial charge is 0.235 e. The van der Waals surface area contributed by atoms with Gasteiger partial charge in [-0.3, -0.25) is 4.79 Å². The van der Waals surface area contributed by atoms with Gasteiger partial charge in [0.05, 0.1) is 10.4 Å². The van der Waals surface area contributed by atoms with Crippen LogP contribution in [0.1, 0.15) is 33.1 Å². The van der Waals surface area contributed by atoms with Gasteiger partial charge in [0.1, 0.15) is 0 Å². The molecule has 0 aliphatic heterocycles. The van der Waals surface area contributed by atoms with Crippen LogP contribution >= 0.6 is 12.2 Å². The van der Waals surface area contributed by atoms with Crippen LogP contribution < -0.4 is 5.73 Å². The molecule has 19 heavy (non-hydrogen) atoms. The highest BCUT2D eigenvalue weighted by Gasteiger charge is 2.48. The molecule has 0 saturated heterocycles. The standard InChI is InChI=1S/C14H27N3OS/c1-11(2)10-17(9-8-16(3)4)13(18)14(12(15)19)6-5-7-14/h11H,5-10H2,1-4H3,(H2,15,19). The van der Waals surface area contributed by atoms with Crippen molar-refractivity contribution in [3.8, 4) is 0 Å². The van der Waals surface area contributed by atoms with E-state index in [0.29, 0.717) is 10.9 Å². The number of rotatable bonds is 7. The second kappa shape index (κ2) is 6.66. The van der Waals surface area contributed by atoms with Gasteiger partial charge in [-0.1, -0.05) is 32.5 Å². The highest BCUT2D eigenvalue weighted by molar-refractivity contribution is 7.80. The van der Waals surface area contributed by atoms with Gasteiger partial charge in [-0.15, -0.1) is 0 Å². The van der Waals surface area contributed by atoms with Crippen LogP contribution in [-0.4, -0.2) is 54.4 Å². The molecule has 0 atom stereocenters. The van der Waals surface area contributed by atoms with E-state index in [1.165, 1.54) is 0 Å². The molecule has 1 rings (SSSR count). The van der Waals surface area contributed by atoms with E-state index in [4.69, 9.17) is 18.0 Å². The first-order chi connectivity index (χ1) is 8.79. The zero-order chi connectivity index (χ0) is 14.6. The largest absolute Gasteiger partial charge is 0.392 e. The number of likely N-dealkylation sites (N-methyl/N-ethyl adjacent to an activating group) is 1. The summed E-state index contributed by atoms with van der Waals surface area (Å²) < 4.78 is 0. The van der Waals surface area contributed by atoms with Crippen molar-refractivity contribution in [2.45, 2.75) is 33.1 Å². The lowest BCUT2D eigenvalue weighted by Crippen LogP contribution is -2.55. The molecule has 4 nitrogen and oxygen atoms in total. The quantitative estimate of drug-likeness (QED) is 0.720. The number of carbonyl (C=O) groups is 1. The number of nitrogens with two attached hydrogens (primary N) is 1. The van der Waals surface area contributed by atoms with Gasteiger partial charge in [-0.2, -0.15) is 0 Å². The fourth-order valence-corrected chi connectivity index (χ4v) is 2.73. The van der Waals surface area contributed by atoms with Crippen molar-refractivity contribution < 1.29 is 4.79 Å². The molecule has 1 aliphatic rings. The average molecular weight is 285 g/mol. The topological polar surface area (TPSA) is 49.6 Å². The number of nitrogens with zero attached hydrogens (tertiary/aromatic N) is 2. The minimum atomic E-state index is -0.545. The zero-order valence-electron chi connectivity index (χ0n) is 12.6. The van der Waals surface area contributed by atoms with Crippen LogP contribution in [0.5, 0.6) is 0 Å². The zero-order valence-corrected chi connectivity index (χ0v) is 13.4. The Bertz CT molecular complexity index is 338. The molecule has 1 saturated carbocycles. The van der Waals surface area contributed by atoms with E-state index in [1.807, 2.05) is 19.0 Å². The molecule has 0 aromatic rings. The summed E-state index contributed by atoms with van der Waals surface area (Å²) in [6.07, 6.45) is 2.68. The molecule has 0 aromatic carbocycles. The molecule has 110 valence electrons. The van der Waals surface area contributed by atoms with Crippen molar-refractivity contribution in [1.29, 1.82) is 0 Å². The summed E-state index contributed by atoms with van der Waals surface area (Å²) in [4.78, 5) is 17.2. The van der Waals surface area contributed by atoms with Gasteiger partial charge in [-0.05, 0) is 32.9 Å². The third-order valence-corrected chi connectivity index (χ3v) is 4.17. The van der Waals surface area contributed by atoms with Crippen molar-refractivity contribution in [1.82, 2.24) is 9.80 Å². The number of carbonyl (C=O) groups excluding carboxylic acids is 1.